The van der Waals surface area contributed by atoms with E-state index in [4.69, 9.17) is 9.47 Å². The maximum Gasteiger partial charge on any atom is 0.236 e. The lowest BCUT2D eigenvalue weighted by molar-refractivity contribution is -0.113. The van der Waals surface area contributed by atoms with Crippen molar-refractivity contribution in [2.75, 3.05) is 24.3 Å². The highest BCUT2D eigenvalue weighted by Gasteiger charge is 2.16. The zero-order valence-electron chi connectivity index (χ0n) is 13.3. The Bertz CT molecular complexity index is 951. The molecular weight excluding hydrogens is 382 g/mol. The van der Waals surface area contributed by atoms with E-state index in [9.17, 15) is 13.6 Å². The highest BCUT2D eigenvalue weighted by Crippen LogP contribution is 2.37. The third-order valence-electron chi connectivity index (χ3n) is 3.56. The number of hydrogen-bond donors (Lipinski definition) is 1. The molecule has 1 aliphatic rings. The first-order valence-electron chi connectivity index (χ1n) is 7.66. The van der Waals surface area contributed by atoms with E-state index in [1.807, 2.05) is 6.07 Å². The Morgan fingerprint density at radius 2 is 1.92 bits per heavy atom. The number of benzene rings is 2. The second-order valence-electron chi connectivity index (χ2n) is 5.40. The molecule has 0 saturated carbocycles. The number of anilines is 1. The van der Waals surface area contributed by atoms with Gasteiger partial charge in [0.25, 0.3) is 0 Å². The largest absolute Gasteiger partial charge is 0.486 e. The van der Waals surface area contributed by atoms with Gasteiger partial charge in [-0.1, -0.05) is 11.3 Å². The minimum absolute atomic E-state index is 0.0592. The molecule has 0 atom stereocenters. The summed E-state index contributed by atoms with van der Waals surface area (Å²) >= 11 is 2.44. The van der Waals surface area contributed by atoms with Crippen LogP contribution in [0.5, 0.6) is 11.5 Å². The molecular formula is C17H12F2N2O3S2. The summed E-state index contributed by atoms with van der Waals surface area (Å²) in [5.74, 6) is -0.765. The second kappa shape index (κ2) is 7.08. The van der Waals surface area contributed by atoms with Crippen molar-refractivity contribution in [3.63, 3.8) is 0 Å². The lowest BCUT2D eigenvalue weighted by Crippen LogP contribution is -2.15. The molecule has 0 fully saturated rings. The number of nitrogens with one attached hydrogen (secondary N) is 1. The number of amides is 1. The number of fused-ring (bicyclic) bond motifs is 2. The number of thioether (sulfide) groups is 1. The van der Waals surface area contributed by atoms with E-state index in [-0.39, 0.29) is 11.7 Å². The molecule has 3 aromatic rings. The van der Waals surface area contributed by atoms with Crippen molar-refractivity contribution < 1.29 is 23.0 Å². The Hall–Kier alpha value is -2.39. The van der Waals surface area contributed by atoms with Crippen molar-refractivity contribution in [2.24, 2.45) is 0 Å². The van der Waals surface area contributed by atoms with Crippen LogP contribution in [0.25, 0.3) is 10.2 Å². The fraction of sp³-hybridized carbons (Fsp3) is 0.176. The molecule has 26 heavy (non-hydrogen) atoms. The van der Waals surface area contributed by atoms with Gasteiger partial charge in [-0.05, 0) is 18.2 Å². The number of aromatic nitrogens is 1. The summed E-state index contributed by atoms with van der Waals surface area (Å²) in [6.45, 7) is 0.996. The molecule has 0 unspecified atom stereocenters. The van der Waals surface area contributed by atoms with Gasteiger partial charge in [0.15, 0.2) is 28.3 Å². The quantitative estimate of drug-likeness (QED) is 0.676. The van der Waals surface area contributed by atoms with Crippen LogP contribution >= 0.6 is 23.1 Å². The summed E-state index contributed by atoms with van der Waals surface area (Å²) in [7, 11) is 0. The SMILES string of the molecule is O=C(CSc1ccc(F)c(F)c1)Nc1nc2cc3c(cc2s1)OCCO3. The number of rotatable bonds is 4. The van der Waals surface area contributed by atoms with Crippen molar-refractivity contribution in [1.29, 1.82) is 0 Å². The van der Waals surface area contributed by atoms with Crippen LogP contribution in [-0.2, 0) is 4.79 Å². The molecule has 4 rings (SSSR count). The molecule has 2 aromatic carbocycles. The average molecular weight is 394 g/mol. The number of nitrogens with zero attached hydrogens (tertiary/aromatic N) is 1. The summed E-state index contributed by atoms with van der Waals surface area (Å²) in [6.07, 6.45) is 0. The number of halogens is 2. The van der Waals surface area contributed by atoms with Gasteiger partial charge in [0.2, 0.25) is 5.91 Å². The van der Waals surface area contributed by atoms with Crippen molar-refractivity contribution in [2.45, 2.75) is 4.90 Å². The van der Waals surface area contributed by atoms with Gasteiger partial charge in [-0.15, -0.1) is 11.8 Å². The molecule has 0 bridgehead atoms. The fourth-order valence-corrected chi connectivity index (χ4v) is 4.00. The highest BCUT2D eigenvalue weighted by molar-refractivity contribution is 8.00. The van der Waals surface area contributed by atoms with Gasteiger partial charge in [-0.2, -0.15) is 0 Å². The molecule has 0 spiro atoms. The standard InChI is InChI=1S/C17H12F2N2O3S2/c18-10-2-1-9(5-11(10)19)25-8-16(22)21-17-20-12-6-13-14(7-15(12)26-17)24-4-3-23-13/h1-2,5-7H,3-4,8H2,(H,20,21,22). The Balaban J connectivity index is 1.43. The summed E-state index contributed by atoms with van der Waals surface area (Å²) in [5.41, 5.74) is 0.711. The van der Waals surface area contributed by atoms with Crippen LogP contribution in [0.15, 0.2) is 35.2 Å². The lowest BCUT2D eigenvalue weighted by atomic mass is 10.3. The molecule has 9 heteroatoms. The molecule has 1 amide bonds. The number of thiazole rings is 1. The first-order chi connectivity index (χ1) is 12.6. The van der Waals surface area contributed by atoms with Crippen LogP contribution < -0.4 is 14.8 Å². The van der Waals surface area contributed by atoms with E-state index >= 15 is 0 Å². The number of ether oxygens (including phenoxy) is 2. The zero-order valence-corrected chi connectivity index (χ0v) is 14.9. The van der Waals surface area contributed by atoms with Crippen LogP contribution in [0.4, 0.5) is 13.9 Å². The molecule has 1 aromatic heterocycles. The van der Waals surface area contributed by atoms with Gasteiger partial charge in [-0.25, -0.2) is 13.8 Å². The summed E-state index contributed by atoms with van der Waals surface area (Å²) in [6, 6.07) is 7.16. The molecule has 1 aliphatic heterocycles. The van der Waals surface area contributed by atoms with Crippen LogP contribution in [0.3, 0.4) is 0 Å². The van der Waals surface area contributed by atoms with E-state index in [0.717, 1.165) is 28.6 Å². The predicted octanol–water partition coefficient (Wildman–Crippen LogP) is 4.08. The normalized spacial score (nSPS) is 13.0. The lowest BCUT2D eigenvalue weighted by Gasteiger charge is -2.17. The van der Waals surface area contributed by atoms with Gasteiger partial charge in [-0.3, -0.25) is 4.79 Å². The maximum atomic E-state index is 13.2. The highest BCUT2D eigenvalue weighted by atomic mass is 32.2. The van der Waals surface area contributed by atoms with E-state index in [1.54, 1.807) is 6.07 Å². The molecule has 134 valence electrons. The monoisotopic (exact) mass is 394 g/mol. The van der Waals surface area contributed by atoms with Crippen molar-refractivity contribution in [3.05, 3.63) is 42.0 Å². The Kier molecular flexibility index (Phi) is 4.64. The minimum Gasteiger partial charge on any atom is -0.486 e. The second-order valence-corrected chi connectivity index (χ2v) is 7.47. The van der Waals surface area contributed by atoms with E-state index in [2.05, 4.69) is 10.3 Å². The first-order valence-corrected chi connectivity index (χ1v) is 9.46. The van der Waals surface area contributed by atoms with E-state index < -0.39 is 11.6 Å². The third kappa shape index (κ3) is 3.58. The Morgan fingerprint density at radius 1 is 1.15 bits per heavy atom. The smallest absolute Gasteiger partial charge is 0.236 e. The minimum atomic E-state index is -0.935. The third-order valence-corrected chi connectivity index (χ3v) is 5.49. The fourth-order valence-electron chi connectivity index (χ4n) is 2.39. The summed E-state index contributed by atoms with van der Waals surface area (Å²) in [4.78, 5) is 16.9. The van der Waals surface area contributed by atoms with Crippen molar-refractivity contribution in [3.8, 4) is 11.5 Å². The zero-order chi connectivity index (χ0) is 18.1. The van der Waals surface area contributed by atoms with Crippen molar-refractivity contribution in [1.82, 2.24) is 4.98 Å². The molecule has 1 N–H and O–H groups in total. The van der Waals surface area contributed by atoms with Gasteiger partial charge in [0.1, 0.15) is 13.2 Å². The number of carbonyl (C=O) groups is 1. The molecule has 2 heterocycles. The predicted molar refractivity (Wildman–Crippen MR) is 96.3 cm³/mol. The number of hydrogen-bond acceptors (Lipinski definition) is 6. The molecule has 5 nitrogen and oxygen atoms in total. The van der Waals surface area contributed by atoms with E-state index in [0.29, 0.717) is 40.3 Å². The van der Waals surface area contributed by atoms with Crippen molar-refractivity contribution >= 4 is 44.4 Å². The van der Waals surface area contributed by atoms with Gasteiger partial charge < -0.3 is 14.8 Å². The maximum absolute atomic E-state index is 13.2. The van der Waals surface area contributed by atoms with Crippen LogP contribution in [0.1, 0.15) is 0 Å². The van der Waals surface area contributed by atoms with Gasteiger partial charge in [0.05, 0.1) is 16.0 Å². The van der Waals surface area contributed by atoms with Crippen LogP contribution in [0, 0.1) is 11.6 Å². The molecule has 0 radical (unpaired) electrons. The van der Waals surface area contributed by atoms with Crippen LogP contribution in [0.2, 0.25) is 0 Å². The van der Waals surface area contributed by atoms with Gasteiger partial charge >= 0.3 is 0 Å². The van der Waals surface area contributed by atoms with Gasteiger partial charge in [0, 0.05) is 17.0 Å². The molecule has 0 saturated heterocycles. The molecule has 0 aliphatic carbocycles. The summed E-state index contributed by atoms with van der Waals surface area (Å²) < 4.78 is 38.0. The van der Waals surface area contributed by atoms with Crippen LogP contribution in [-0.4, -0.2) is 29.9 Å². The average Bonchev–Trinajstić information content (AvgIpc) is 3.01. The summed E-state index contributed by atoms with van der Waals surface area (Å²) in [5, 5.41) is 3.17. The number of carbonyl (C=O) groups excluding carboxylic acids is 1. The van der Waals surface area contributed by atoms with E-state index in [1.165, 1.54) is 17.4 Å². The topological polar surface area (TPSA) is 60.5 Å². The Labute approximate surface area is 155 Å². The first kappa shape index (κ1) is 17.0. The Morgan fingerprint density at radius 3 is 2.69 bits per heavy atom.